The van der Waals surface area contributed by atoms with Gasteiger partial charge in [-0.25, -0.2) is 0 Å². The third-order valence-electron chi connectivity index (χ3n) is 3.50. The molecule has 1 atom stereocenters. The molecule has 1 unspecified atom stereocenters. The Hall–Kier alpha value is -1.84. The number of nitrogens with zero attached hydrogens (tertiary/aromatic N) is 1. The number of hydrogen-bond donors (Lipinski definition) is 1. The fourth-order valence-corrected chi connectivity index (χ4v) is 2.69. The van der Waals surface area contributed by atoms with E-state index in [-0.39, 0.29) is 6.04 Å². The maximum absolute atomic E-state index is 5.94. The van der Waals surface area contributed by atoms with Crippen LogP contribution in [0.1, 0.15) is 30.7 Å². The Labute approximate surface area is 128 Å². The molecule has 0 radical (unpaired) electrons. The average Bonchev–Trinajstić information content (AvgIpc) is 2.94. The first kappa shape index (κ1) is 14.1. The zero-order valence-corrected chi connectivity index (χ0v) is 12.6. The van der Waals surface area contributed by atoms with E-state index in [1.165, 1.54) is 10.9 Å². The number of halogens is 1. The van der Waals surface area contributed by atoms with Gasteiger partial charge in [0, 0.05) is 17.8 Å². The molecule has 3 nitrogen and oxygen atoms in total. The molecule has 0 bridgehead atoms. The zero-order valence-electron chi connectivity index (χ0n) is 11.8. The van der Waals surface area contributed by atoms with Crippen LogP contribution in [-0.4, -0.2) is 11.5 Å². The van der Waals surface area contributed by atoms with Gasteiger partial charge in [0.05, 0.1) is 6.04 Å². The van der Waals surface area contributed by atoms with Crippen molar-refractivity contribution in [3.63, 3.8) is 0 Å². The van der Waals surface area contributed by atoms with E-state index in [0.717, 1.165) is 24.1 Å². The van der Waals surface area contributed by atoms with Gasteiger partial charge >= 0.3 is 0 Å². The molecule has 0 aliphatic carbocycles. The molecule has 0 aliphatic heterocycles. The molecule has 1 aromatic carbocycles. The number of nitrogens with one attached hydrogen (secondary N) is 1. The first-order valence-electron chi connectivity index (χ1n) is 7.11. The van der Waals surface area contributed by atoms with Crippen molar-refractivity contribution in [1.82, 2.24) is 10.3 Å². The molecule has 1 N–H and O–H groups in total. The number of rotatable bonds is 5. The van der Waals surface area contributed by atoms with Crippen LogP contribution in [0.2, 0.25) is 5.22 Å². The van der Waals surface area contributed by atoms with Crippen LogP contribution in [0.5, 0.6) is 0 Å². The molecule has 2 aromatic heterocycles. The quantitative estimate of drug-likeness (QED) is 0.750. The minimum absolute atomic E-state index is 0.0106. The molecule has 4 heteroatoms. The summed E-state index contributed by atoms with van der Waals surface area (Å²) in [5, 5.41) is 6.24. The molecule has 0 aliphatic rings. The molecular weight excluding hydrogens is 284 g/mol. The minimum Gasteiger partial charge on any atom is -0.448 e. The fraction of sp³-hybridized carbons (Fsp3) is 0.235. The summed E-state index contributed by atoms with van der Waals surface area (Å²) in [6, 6.07) is 12.0. The largest absolute Gasteiger partial charge is 0.448 e. The van der Waals surface area contributed by atoms with Crippen molar-refractivity contribution in [2.24, 2.45) is 0 Å². The Balaban J connectivity index is 2.09. The summed E-state index contributed by atoms with van der Waals surface area (Å²) in [6.45, 7) is 3.05. The number of pyridine rings is 1. The molecule has 0 fully saturated rings. The normalized spacial score (nSPS) is 12.7. The highest BCUT2D eigenvalue weighted by Crippen LogP contribution is 2.30. The van der Waals surface area contributed by atoms with E-state index in [0.29, 0.717) is 5.22 Å². The lowest BCUT2D eigenvalue weighted by Gasteiger charge is -2.18. The number of hydrogen-bond acceptors (Lipinski definition) is 3. The maximum Gasteiger partial charge on any atom is 0.193 e. The van der Waals surface area contributed by atoms with E-state index >= 15 is 0 Å². The molecule has 3 aromatic rings. The van der Waals surface area contributed by atoms with Crippen LogP contribution in [-0.2, 0) is 0 Å². The first-order chi connectivity index (χ1) is 10.3. The molecule has 2 heterocycles. The predicted molar refractivity (Wildman–Crippen MR) is 85.6 cm³/mol. The Kier molecular flexibility index (Phi) is 4.23. The number of furan rings is 1. The van der Waals surface area contributed by atoms with Gasteiger partial charge in [0.15, 0.2) is 5.22 Å². The molecule has 0 spiro atoms. The zero-order chi connectivity index (χ0) is 14.7. The molecular formula is C17H17ClN2O. The van der Waals surface area contributed by atoms with Crippen LogP contribution >= 0.6 is 11.6 Å². The lowest BCUT2D eigenvalue weighted by Crippen LogP contribution is -2.23. The highest BCUT2D eigenvalue weighted by atomic mass is 35.5. The van der Waals surface area contributed by atoms with Gasteiger partial charge in [0.2, 0.25) is 0 Å². The van der Waals surface area contributed by atoms with Crippen LogP contribution in [0.4, 0.5) is 0 Å². The first-order valence-corrected chi connectivity index (χ1v) is 7.48. The third-order valence-corrected chi connectivity index (χ3v) is 3.71. The van der Waals surface area contributed by atoms with E-state index in [1.54, 1.807) is 6.07 Å². The van der Waals surface area contributed by atoms with E-state index in [4.69, 9.17) is 16.0 Å². The summed E-state index contributed by atoms with van der Waals surface area (Å²) in [7, 11) is 0. The van der Waals surface area contributed by atoms with Gasteiger partial charge < -0.3 is 9.73 Å². The van der Waals surface area contributed by atoms with Crippen molar-refractivity contribution >= 4 is 22.4 Å². The lowest BCUT2D eigenvalue weighted by atomic mass is 9.98. The van der Waals surface area contributed by atoms with E-state index in [9.17, 15) is 0 Å². The Morgan fingerprint density at radius 2 is 2.14 bits per heavy atom. The Morgan fingerprint density at radius 1 is 1.24 bits per heavy atom. The van der Waals surface area contributed by atoms with Crippen molar-refractivity contribution in [1.29, 1.82) is 0 Å². The Morgan fingerprint density at radius 3 is 2.90 bits per heavy atom. The standard InChI is InChI=1S/C17H17ClN2O/c1-2-9-20-17(15-6-7-16(18)21-15)14-5-3-4-12-11-19-10-8-13(12)14/h3-8,10-11,17,20H,2,9H2,1H3. The van der Waals surface area contributed by atoms with Crippen molar-refractivity contribution in [2.75, 3.05) is 6.54 Å². The van der Waals surface area contributed by atoms with Gasteiger partial charge in [-0.05, 0) is 53.7 Å². The highest BCUT2D eigenvalue weighted by molar-refractivity contribution is 6.28. The SMILES string of the molecule is CCCNC(c1ccc(Cl)o1)c1cccc2cnccc12. The summed E-state index contributed by atoms with van der Waals surface area (Å²) < 4.78 is 5.63. The molecule has 21 heavy (non-hydrogen) atoms. The fourth-order valence-electron chi connectivity index (χ4n) is 2.54. The molecule has 0 saturated carbocycles. The second-order valence-corrected chi connectivity index (χ2v) is 5.35. The smallest absolute Gasteiger partial charge is 0.193 e. The average molecular weight is 301 g/mol. The van der Waals surface area contributed by atoms with E-state index in [1.807, 2.05) is 30.6 Å². The predicted octanol–water partition coefficient (Wildman–Crippen LogP) is 4.57. The van der Waals surface area contributed by atoms with E-state index in [2.05, 4.69) is 29.4 Å². The monoisotopic (exact) mass is 300 g/mol. The summed E-state index contributed by atoms with van der Waals surface area (Å²) in [5.74, 6) is 0.831. The van der Waals surface area contributed by atoms with Crippen LogP contribution < -0.4 is 5.32 Å². The number of aromatic nitrogens is 1. The lowest BCUT2D eigenvalue weighted by molar-refractivity contribution is 0.449. The maximum atomic E-state index is 5.94. The molecule has 3 rings (SSSR count). The van der Waals surface area contributed by atoms with Crippen LogP contribution in [0.25, 0.3) is 10.8 Å². The van der Waals surface area contributed by atoms with Crippen molar-refractivity contribution < 1.29 is 4.42 Å². The summed E-state index contributed by atoms with van der Waals surface area (Å²) in [6.07, 6.45) is 4.75. The Bertz CT molecular complexity index is 733. The van der Waals surface area contributed by atoms with Crippen molar-refractivity contribution in [2.45, 2.75) is 19.4 Å². The topological polar surface area (TPSA) is 38.1 Å². The highest BCUT2D eigenvalue weighted by Gasteiger charge is 2.19. The molecule has 0 saturated heterocycles. The molecule has 108 valence electrons. The number of fused-ring (bicyclic) bond motifs is 1. The second-order valence-electron chi connectivity index (χ2n) is 4.97. The minimum atomic E-state index is -0.0106. The van der Waals surface area contributed by atoms with Gasteiger partial charge in [-0.1, -0.05) is 25.1 Å². The van der Waals surface area contributed by atoms with Crippen LogP contribution in [0.15, 0.2) is 53.2 Å². The summed E-state index contributed by atoms with van der Waals surface area (Å²) in [4.78, 5) is 4.19. The van der Waals surface area contributed by atoms with Crippen molar-refractivity contribution in [3.8, 4) is 0 Å². The van der Waals surface area contributed by atoms with Crippen molar-refractivity contribution in [3.05, 3.63) is 65.3 Å². The second kappa shape index (κ2) is 6.29. The summed E-state index contributed by atoms with van der Waals surface area (Å²) >= 11 is 5.94. The molecule has 0 amide bonds. The summed E-state index contributed by atoms with van der Waals surface area (Å²) in [5.41, 5.74) is 1.18. The number of benzene rings is 1. The van der Waals surface area contributed by atoms with Gasteiger partial charge in [0.1, 0.15) is 5.76 Å². The van der Waals surface area contributed by atoms with E-state index < -0.39 is 0 Å². The van der Waals surface area contributed by atoms with Gasteiger partial charge in [-0.2, -0.15) is 0 Å². The van der Waals surface area contributed by atoms with Gasteiger partial charge in [0.25, 0.3) is 0 Å². The van der Waals surface area contributed by atoms with Gasteiger partial charge in [-0.3, -0.25) is 4.98 Å². The van der Waals surface area contributed by atoms with Crippen LogP contribution in [0, 0.1) is 0 Å². The van der Waals surface area contributed by atoms with Gasteiger partial charge in [-0.15, -0.1) is 0 Å². The van der Waals surface area contributed by atoms with Crippen LogP contribution in [0.3, 0.4) is 0 Å². The third kappa shape index (κ3) is 2.94.